The number of benzene rings is 1. The lowest BCUT2D eigenvalue weighted by molar-refractivity contribution is -0.145. The maximum Gasteiger partial charge on any atom is 0.431 e. The van der Waals surface area contributed by atoms with E-state index in [0.29, 0.717) is 6.07 Å². The molecule has 2 rings (SSSR count). The summed E-state index contributed by atoms with van der Waals surface area (Å²) in [6.45, 7) is 1.23. The Morgan fingerprint density at radius 2 is 1.64 bits per heavy atom. The van der Waals surface area contributed by atoms with E-state index in [1.54, 1.807) is 13.0 Å². The molecule has 0 aliphatic carbocycles. The molecule has 1 aromatic heterocycles. The number of nitrogens with zero attached hydrogens (tertiary/aromatic N) is 2. The second-order valence-corrected chi connectivity index (χ2v) is 5.03. The third-order valence-corrected chi connectivity index (χ3v) is 3.42. The van der Waals surface area contributed by atoms with E-state index in [1.807, 2.05) is 0 Å². The van der Waals surface area contributed by atoms with E-state index >= 15 is 0 Å². The number of ether oxygens (including phenoxy) is 1. The highest BCUT2D eigenvalue weighted by Gasteiger charge is 2.37. The van der Waals surface area contributed by atoms with Crippen molar-refractivity contribution in [2.75, 3.05) is 6.61 Å². The van der Waals surface area contributed by atoms with Crippen LogP contribution in [0.15, 0.2) is 30.3 Å². The molecule has 0 unspecified atom stereocenters. The van der Waals surface area contributed by atoms with Gasteiger partial charge in [0.15, 0.2) is 0 Å². The summed E-state index contributed by atoms with van der Waals surface area (Å²) in [5, 5.41) is 9.14. The van der Waals surface area contributed by atoms with Gasteiger partial charge in [0.05, 0.1) is 16.8 Å². The normalized spacial score (nSPS) is 12.2. The van der Waals surface area contributed by atoms with Crippen molar-refractivity contribution in [1.82, 2.24) is 4.57 Å². The van der Waals surface area contributed by atoms with Crippen molar-refractivity contribution in [2.24, 2.45) is 0 Å². The fourth-order valence-corrected chi connectivity index (χ4v) is 2.31. The van der Waals surface area contributed by atoms with Gasteiger partial charge in [-0.3, -0.25) is 0 Å². The monoisotopic (exact) mass is 362 g/mol. The quantitative estimate of drug-likeness (QED) is 0.713. The first-order chi connectivity index (χ1) is 11.6. The standard InChI is InChI=1S/C16H12F6N2O/c1-2-25-9-24-13(16(20,21)22)7-11(8-23)14(24)10-3-5-12(6-4-10)15(17,18)19/h3-7H,2,9H2,1H3. The summed E-state index contributed by atoms with van der Waals surface area (Å²) in [5.41, 5.74) is -2.43. The Balaban J connectivity index is 2.63. The molecule has 3 nitrogen and oxygen atoms in total. The van der Waals surface area contributed by atoms with Crippen LogP contribution in [0.4, 0.5) is 26.3 Å². The van der Waals surface area contributed by atoms with E-state index in [9.17, 15) is 26.3 Å². The van der Waals surface area contributed by atoms with Crippen molar-refractivity contribution in [3.8, 4) is 17.3 Å². The smallest absolute Gasteiger partial charge is 0.361 e. The Bertz CT molecular complexity index is 781. The van der Waals surface area contributed by atoms with Gasteiger partial charge in [-0.25, -0.2) is 0 Å². The topological polar surface area (TPSA) is 38.0 Å². The van der Waals surface area contributed by atoms with Crippen molar-refractivity contribution < 1.29 is 31.1 Å². The number of nitriles is 1. The number of halogens is 6. The van der Waals surface area contributed by atoms with Gasteiger partial charge in [0.2, 0.25) is 0 Å². The molecule has 0 N–H and O–H groups in total. The zero-order valence-corrected chi connectivity index (χ0v) is 12.9. The van der Waals surface area contributed by atoms with Crippen molar-refractivity contribution in [3.05, 3.63) is 47.2 Å². The van der Waals surface area contributed by atoms with Gasteiger partial charge in [-0.15, -0.1) is 0 Å². The molecular formula is C16H12F6N2O. The highest BCUT2D eigenvalue weighted by Crippen LogP contribution is 2.37. The summed E-state index contributed by atoms with van der Waals surface area (Å²) in [4.78, 5) is 0. The molecule has 1 heterocycles. The van der Waals surface area contributed by atoms with Gasteiger partial charge in [-0.1, -0.05) is 12.1 Å². The van der Waals surface area contributed by atoms with Crippen LogP contribution < -0.4 is 0 Å². The van der Waals surface area contributed by atoms with Gasteiger partial charge in [0.25, 0.3) is 0 Å². The second kappa shape index (κ2) is 6.80. The van der Waals surface area contributed by atoms with Crippen LogP contribution in [0.1, 0.15) is 23.7 Å². The average molecular weight is 362 g/mol. The predicted octanol–water partition coefficient (Wildman–Crippen LogP) is 5.06. The molecule has 2 aromatic rings. The SMILES string of the molecule is CCOCn1c(C(F)(F)F)cc(C#N)c1-c1ccc(C(F)(F)F)cc1. The molecule has 1 aromatic carbocycles. The van der Waals surface area contributed by atoms with Crippen molar-refractivity contribution in [2.45, 2.75) is 26.0 Å². The minimum absolute atomic E-state index is 0.0553. The lowest BCUT2D eigenvalue weighted by Gasteiger charge is -2.16. The van der Waals surface area contributed by atoms with Gasteiger partial charge in [-0.2, -0.15) is 31.6 Å². The highest BCUT2D eigenvalue weighted by molar-refractivity contribution is 5.69. The molecule has 134 valence electrons. The van der Waals surface area contributed by atoms with Crippen LogP contribution in [0.25, 0.3) is 11.3 Å². The molecule has 0 atom stereocenters. The van der Waals surface area contributed by atoms with Gasteiger partial charge in [-0.05, 0) is 30.7 Å². The molecule has 0 saturated carbocycles. The van der Waals surface area contributed by atoms with Crippen LogP contribution >= 0.6 is 0 Å². The van der Waals surface area contributed by atoms with Crippen LogP contribution in [0.3, 0.4) is 0 Å². The largest absolute Gasteiger partial charge is 0.431 e. The minimum Gasteiger partial charge on any atom is -0.361 e. The predicted molar refractivity (Wildman–Crippen MR) is 76.2 cm³/mol. The lowest BCUT2D eigenvalue weighted by Crippen LogP contribution is -2.16. The Kier molecular flexibility index (Phi) is 5.13. The zero-order valence-electron chi connectivity index (χ0n) is 12.9. The van der Waals surface area contributed by atoms with E-state index in [-0.39, 0.29) is 23.4 Å². The maximum absolute atomic E-state index is 13.2. The Hall–Kier alpha value is -2.47. The highest BCUT2D eigenvalue weighted by atomic mass is 19.4. The first kappa shape index (κ1) is 18.9. The molecule has 0 aliphatic heterocycles. The lowest BCUT2D eigenvalue weighted by atomic mass is 10.1. The Morgan fingerprint density at radius 1 is 1.04 bits per heavy atom. The molecule has 25 heavy (non-hydrogen) atoms. The molecule has 9 heteroatoms. The molecule has 0 bridgehead atoms. The van der Waals surface area contributed by atoms with E-state index in [2.05, 4.69) is 0 Å². The Morgan fingerprint density at radius 3 is 2.08 bits per heavy atom. The maximum atomic E-state index is 13.2. The van der Waals surface area contributed by atoms with Crippen LogP contribution in [0, 0.1) is 11.3 Å². The van der Waals surface area contributed by atoms with E-state index in [4.69, 9.17) is 10.00 Å². The molecule has 0 aliphatic rings. The number of alkyl halides is 6. The molecule has 0 radical (unpaired) electrons. The molecule has 0 spiro atoms. The number of aromatic nitrogens is 1. The second-order valence-electron chi connectivity index (χ2n) is 5.03. The summed E-state index contributed by atoms with van der Waals surface area (Å²) < 4.78 is 83.3. The first-order valence-corrected chi connectivity index (χ1v) is 7.05. The minimum atomic E-state index is -4.74. The van der Waals surface area contributed by atoms with Crippen molar-refractivity contribution >= 4 is 0 Å². The van der Waals surface area contributed by atoms with Gasteiger partial charge >= 0.3 is 12.4 Å². The van der Waals surface area contributed by atoms with Crippen LogP contribution in [0.5, 0.6) is 0 Å². The van der Waals surface area contributed by atoms with Crippen LogP contribution in [-0.2, 0) is 23.8 Å². The summed E-state index contributed by atoms with van der Waals surface area (Å²) in [6, 6.07) is 5.87. The van der Waals surface area contributed by atoms with Crippen LogP contribution in [-0.4, -0.2) is 11.2 Å². The van der Waals surface area contributed by atoms with E-state index < -0.39 is 30.3 Å². The molecule has 0 saturated heterocycles. The fraction of sp³-hybridized carbons (Fsp3) is 0.312. The summed E-state index contributed by atoms with van der Waals surface area (Å²) >= 11 is 0. The molecule has 0 fully saturated rings. The number of hydrogen-bond acceptors (Lipinski definition) is 2. The van der Waals surface area contributed by atoms with Crippen molar-refractivity contribution in [1.29, 1.82) is 5.26 Å². The molecule has 0 amide bonds. The summed E-state index contributed by atoms with van der Waals surface area (Å²) in [7, 11) is 0. The Labute approximate surface area is 139 Å². The fourth-order valence-electron chi connectivity index (χ4n) is 2.31. The van der Waals surface area contributed by atoms with Gasteiger partial charge in [0.1, 0.15) is 18.5 Å². The number of hydrogen-bond donors (Lipinski definition) is 0. The van der Waals surface area contributed by atoms with Gasteiger partial charge in [0, 0.05) is 6.61 Å². The first-order valence-electron chi connectivity index (χ1n) is 7.05. The molecular weight excluding hydrogens is 350 g/mol. The zero-order chi connectivity index (χ0) is 18.8. The van der Waals surface area contributed by atoms with Crippen molar-refractivity contribution in [3.63, 3.8) is 0 Å². The van der Waals surface area contributed by atoms with Crippen LogP contribution in [0.2, 0.25) is 0 Å². The number of rotatable bonds is 4. The third-order valence-electron chi connectivity index (χ3n) is 3.42. The van der Waals surface area contributed by atoms with Gasteiger partial charge < -0.3 is 9.30 Å². The van der Waals surface area contributed by atoms with E-state index in [0.717, 1.165) is 28.8 Å². The summed E-state index contributed by atoms with van der Waals surface area (Å²) in [5.74, 6) is 0. The van der Waals surface area contributed by atoms with E-state index in [1.165, 1.54) is 0 Å². The average Bonchev–Trinajstić information content (AvgIpc) is 2.90. The summed E-state index contributed by atoms with van der Waals surface area (Å²) in [6.07, 6.45) is -9.31. The third kappa shape index (κ3) is 3.96.